The van der Waals surface area contributed by atoms with Crippen molar-refractivity contribution in [3.8, 4) is 0 Å². The maximum atomic E-state index is 12.4. The van der Waals surface area contributed by atoms with E-state index in [9.17, 15) is 4.79 Å². The van der Waals surface area contributed by atoms with Gasteiger partial charge in [0.25, 0.3) is 0 Å². The van der Waals surface area contributed by atoms with E-state index in [1.54, 1.807) is 18.2 Å². The average molecular weight is 289 g/mol. The van der Waals surface area contributed by atoms with Gasteiger partial charge in [0.2, 0.25) is 5.91 Å². The fourth-order valence-electron chi connectivity index (χ4n) is 2.09. The van der Waals surface area contributed by atoms with Gasteiger partial charge < -0.3 is 11.1 Å². The molecule has 0 aromatic heterocycles. The number of halogens is 1. The number of nitrogen functional groups attached to an aromatic ring is 1. The number of carbonyl (C=O) groups excluding carboxylic acids is 1. The standard InChI is InChI=1S/C16H17ClN2O/c1-2-13(11-6-4-3-5-7-11)16(20)19-12-8-9-15(18)14(17)10-12/h3-10,13H,2,18H2,1H3,(H,19,20). The topological polar surface area (TPSA) is 55.1 Å². The van der Waals surface area contributed by atoms with E-state index in [4.69, 9.17) is 17.3 Å². The van der Waals surface area contributed by atoms with Crippen LogP contribution in [-0.4, -0.2) is 5.91 Å². The van der Waals surface area contributed by atoms with Gasteiger partial charge in [-0.15, -0.1) is 0 Å². The molecule has 0 radical (unpaired) electrons. The Labute approximate surface area is 123 Å². The third kappa shape index (κ3) is 3.31. The van der Waals surface area contributed by atoms with Crippen LogP contribution in [0.15, 0.2) is 48.5 Å². The maximum absolute atomic E-state index is 12.4. The zero-order chi connectivity index (χ0) is 14.5. The van der Waals surface area contributed by atoms with Crippen LogP contribution in [0.1, 0.15) is 24.8 Å². The Balaban J connectivity index is 2.15. The highest BCUT2D eigenvalue weighted by Crippen LogP contribution is 2.25. The minimum atomic E-state index is -0.174. The molecule has 0 aliphatic carbocycles. The fraction of sp³-hybridized carbons (Fsp3) is 0.188. The molecule has 3 nitrogen and oxygen atoms in total. The van der Waals surface area contributed by atoms with Crippen molar-refractivity contribution in [2.24, 2.45) is 0 Å². The van der Waals surface area contributed by atoms with Crippen molar-refractivity contribution in [1.82, 2.24) is 0 Å². The number of hydrogen-bond donors (Lipinski definition) is 2. The molecule has 2 aromatic carbocycles. The minimum Gasteiger partial charge on any atom is -0.398 e. The molecule has 104 valence electrons. The summed E-state index contributed by atoms with van der Waals surface area (Å²) in [6, 6.07) is 14.8. The number of carbonyl (C=O) groups is 1. The molecule has 0 heterocycles. The molecule has 2 aromatic rings. The molecule has 3 N–H and O–H groups in total. The lowest BCUT2D eigenvalue weighted by Crippen LogP contribution is -2.20. The number of amides is 1. The lowest BCUT2D eigenvalue weighted by molar-refractivity contribution is -0.117. The van der Waals surface area contributed by atoms with Crippen LogP contribution < -0.4 is 11.1 Å². The summed E-state index contributed by atoms with van der Waals surface area (Å²) in [7, 11) is 0. The lowest BCUT2D eigenvalue weighted by Gasteiger charge is -2.15. The molecule has 0 saturated heterocycles. The van der Waals surface area contributed by atoms with Crippen LogP contribution in [0.2, 0.25) is 5.02 Å². The Kier molecular flexibility index (Phi) is 4.64. The SMILES string of the molecule is CCC(C(=O)Nc1ccc(N)c(Cl)c1)c1ccccc1. The van der Waals surface area contributed by atoms with Gasteiger partial charge in [-0.25, -0.2) is 0 Å². The third-order valence-corrected chi connectivity index (χ3v) is 3.52. The van der Waals surface area contributed by atoms with Crippen LogP contribution in [0, 0.1) is 0 Å². The van der Waals surface area contributed by atoms with Gasteiger partial charge in [-0.05, 0) is 30.2 Å². The Morgan fingerprint density at radius 3 is 2.55 bits per heavy atom. The Bertz CT molecular complexity index is 599. The summed E-state index contributed by atoms with van der Waals surface area (Å²) >= 11 is 5.95. The molecule has 0 saturated carbocycles. The molecule has 0 aliphatic rings. The molecule has 0 fully saturated rings. The molecule has 4 heteroatoms. The van der Waals surface area contributed by atoms with Gasteiger partial charge in [0.1, 0.15) is 0 Å². The second kappa shape index (κ2) is 6.44. The number of nitrogens with two attached hydrogens (primary N) is 1. The molecule has 20 heavy (non-hydrogen) atoms. The van der Waals surface area contributed by atoms with E-state index in [0.29, 0.717) is 16.4 Å². The molecule has 0 aliphatic heterocycles. The van der Waals surface area contributed by atoms with E-state index in [0.717, 1.165) is 12.0 Å². The molecule has 0 bridgehead atoms. The van der Waals surface area contributed by atoms with Crippen LogP contribution in [0.4, 0.5) is 11.4 Å². The highest BCUT2D eigenvalue weighted by atomic mass is 35.5. The monoisotopic (exact) mass is 288 g/mol. The normalized spacial score (nSPS) is 11.9. The second-order valence-corrected chi connectivity index (χ2v) is 5.00. The van der Waals surface area contributed by atoms with E-state index in [-0.39, 0.29) is 11.8 Å². The van der Waals surface area contributed by atoms with Gasteiger partial charge in [-0.1, -0.05) is 48.9 Å². The Morgan fingerprint density at radius 2 is 1.95 bits per heavy atom. The van der Waals surface area contributed by atoms with Gasteiger partial charge in [0.05, 0.1) is 16.6 Å². The van der Waals surface area contributed by atoms with E-state index in [1.165, 1.54) is 0 Å². The van der Waals surface area contributed by atoms with Crippen molar-refractivity contribution in [2.75, 3.05) is 11.1 Å². The van der Waals surface area contributed by atoms with Gasteiger partial charge in [0, 0.05) is 5.69 Å². The first-order valence-electron chi connectivity index (χ1n) is 6.52. The first-order chi connectivity index (χ1) is 9.61. The van der Waals surface area contributed by atoms with Crippen LogP contribution >= 0.6 is 11.6 Å². The van der Waals surface area contributed by atoms with Crippen molar-refractivity contribution >= 4 is 28.9 Å². The molecular formula is C16H17ClN2O. The molecule has 0 spiro atoms. The van der Waals surface area contributed by atoms with Crippen molar-refractivity contribution < 1.29 is 4.79 Å². The lowest BCUT2D eigenvalue weighted by atomic mass is 9.95. The number of anilines is 2. The average Bonchev–Trinajstić information content (AvgIpc) is 2.45. The van der Waals surface area contributed by atoms with Crippen LogP contribution in [-0.2, 0) is 4.79 Å². The van der Waals surface area contributed by atoms with E-state index in [1.807, 2.05) is 37.3 Å². The summed E-state index contributed by atoms with van der Waals surface area (Å²) in [6.45, 7) is 1.99. The van der Waals surface area contributed by atoms with E-state index < -0.39 is 0 Å². The van der Waals surface area contributed by atoms with Gasteiger partial charge in [-0.3, -0.25) is 4.79 Å². The van der Waals surface area contributed by atoms with Gasteiger partial charge in [0.15, 0.2) is 0 Å². The molecular weight excluding hydrogens is 272 g/mol. The molecule has 1 unspecified atom stereocenters. The highest BCUT2D eigenvalue weighted by molar-refractivity contribution is 6.33. The zero-order valence-electron chi connectivity index (χ0n) is 11.3. The summed E-state index contributed by atoms with van der Waals surface area (Å²) in [5.41, 5.74) is 7.82. The number of benzene rings is 2. The van der Waals surface area contributed by atoms with Crippen molar-refractivity contribution in [2.45, 2.75) is 19.3 Å². The summed E-state index contributed by atoms with van der Waals surface area (Å²) in [5.74, 6) is -0.216. The van der Waals surface area contributed by atoms with Crippen LogP contribution in [0.25, 0.3) is 0 Å². The third-order valence-electron chi connectivity index (χ3n) is 3.19. The summed E-state index contributed by atoms with van der Waals surface area (Å²) < 4.78 is 0. The number of nitrogens with one attached hydrogen (secondary N) is 1. The highest BCUT2D eigenvalue weighted by Gasteiger charge is 2.18. The number of rotatable bonds is 4. The van der Waals surface area contributed by atoms with E-state index in [2.05, 4.69) is 5.32 Å². The van der Waals surface area contributed by atoms with Crippen molar-refractivity contribution in [1.29, 1.82) is 0 Å². The van der Waals surface area contributed by atoms with Crippen molar-refractivity contribution in [3.05, 3.63) is 59.1 Å². The van der Waals surface area contributed by atoms with Crippen LogP contribution in [0.3, 0.4) is 0 Å². The zero-order valence-corrected chi connectivity index (χ0v) is 12.0. The smallest absolute Gasteiger partial charge is 0.231 e. The molecule has 1 atom stereocenters. The summed E-state index contributed by atoms with van der Waals surface area (Å²) in [6.07, 6.45) is 0.735. The molecule has 1 amide bonds. The first kappa shape index (κ1) is 14.4. The molecule has 2 rings (SSSR count). The Morgan fingerprint density at radius 1 is 1.25 bits per heavy atom. The van der Waals surface area contributed by atoms with Gasteiger partial charge >= 0.3 is 0 Å². The number of hydrogen-bond acceptors (Lipinski definition) is 2. The largest absolute Gasteiger partial charge is 0.398 e. The second-order valence-electron chi connectivity index (χ2n) is 4.60. The predicted octanol–water partition coefficient (Wildman–Crippen LogP) is 4.05. The fourth-order valence-corrected chi connectivity index (χ4v) is 2.27. The van der Waals surface area contributed by atoms with Crippen LogP contribution in [0.5, 0.6) is 0 Å². The van der Waals surface area contributed by atoms with Crippen molar-refractivity contribution in [3.63, 3.8) is 0 Å². The Hall–Kier alpha value is -2.00. The van der Waals surface area contributed by atoms with E-state index >= 15 is 0 Å². The van der Waals surface area contributed by atoms with Gasteiger partial charge in [-0.2, -0.15) is 0 Å². The summed E-state index contributed by atoms with van der Waals surface area (Å²) in [5, 5.41) is 3.32. The quantitative estimate of drug-likeness (QED) is 0.834. The maximum Gasteiger partial charge on any atom is 0.231 e. The predicted molar refractivity (Wildman–Crippen MR) is 84.0 cm³/mol. The minimum absolute atomic E-state index is 0.0421. The first-order valence-corrected chi connectivity index (χ1v) is 6.90. The summed E-state index contributed by atoms with van der Waals surface area (Å²) in [4.78, 5) is 12.4.